The predicted molar refractivity (Wildman–Crippen MR) is 155 cm³/mol. The lowest BCUT2D eigenvalue weighted by Gasteiger charge is -2.27. The number of rotatable bonds is 12. The van der Waals surface area contributed by atoms with Gasteiger partial charge in [0.1, 0.15) is 23.7 Å². The van der Waals surface area contributed by atoms with Crippen LogP contribution in [-0.2, 0) is 33.6 Å². The molecule has 0 saturated heterocycles. The predicted octanol–water partition coefficient (Wildman–Crippen LogP) is 6.80. The average molecular weight is 530 g/mol. The summed E-state index contributed by atoms with van der Waals surface area (Å²) in [5, 5.41) is 14.4. The van der Waals surface area contributed by atoms with Gasteiger partial charge in [0.05, 0.1) is 6.04 Å². The first-order valence-corrected chi connectivity index (χ1v) is 14.2. The third kappa shape index (κ3) is 6.87. The number of thioether (sulfide) groups is 1. The molecule has 3 aromatic carbocycles. The van der Waals surface area contributed by atoms with Crippen LogP contribution in [-0.4, -0.2) is 35.3 Å². The molecule has 0 saturated carbocycles. The molecule has 0 spiro atoms. The van der Waals surface area contributed by atoms with Gasteiger partial charge >= 0.3 is 5.97 Å². The Balaban J connectivity index is 1.52. The van der Waals surface area contributed by atoms with Crippen molar-refractivity contribution in [2.24, 2.45) is 0 Å². The fourth-order valence-electron chi connectivity index (χ4n) is 4.86. The van der Waals surface area contributed by atoms with Crippen molar-refractivity contribution in [2.45, 2.75) is 63.0 Å². The quantitative estimate of drug-likeness (QED) is 0.153. The van der Waals surface area contributed by atoms with Crippen molar-refractivity contribution < 1.29 is 19.4 Å². The molecule has 5 nitrogen and oxygen atoms in total. The minimum absolute atomic E-state index is 0.0934. The Morgan fingerprint density at radius 1 is 1.03 bits per heavy atom. The number of hydrogen-bond acceptors (Lipinski definition) is 6. The highest BCUT2D eigenvalue weighted by molar-refractivity contribution is 7.99. The third-order valence-electron chi connectivity index (χ3n) is 6.77. The molecule has 0 radical (unpaired) electrons. The first-order valence-electron chi connectivity index (χ1n) is 13.2. The summed E-state index contributed by atoms with van der Waals surface area (Å²) in [6.45, 7) is 4.05. The number of nitrogens with one attached hydrogen (secondary N) is 1. The van der Waals surface area contributed by atoms with Crippen LogP contribution in [0.4, 0.5) is 5.69 Å². The van der Waals surface area contributed by atoms with Crippen LogP contribution in [0, 0.1) is 0 Å². The van der Waals surface area contributed by atoms with Crippen molar-refractivity contribution in [2.75, 3.05) is 11.1 Å². The number of carbonyl (C=O) groups excluding carboxylic acids is 2. The molecule has 0 aliphatic carbocycles. The molecule has 6 heteroatoms. The van der Waals surface area contributed by atoms with Crippen molar-refractivity contribution >= 4 is 35.3 Å². The number of hydrogen-bond donors (Lipinski definition) is 2. The summed E-state index contributed by atoms with van der Waals surface area (Å²) in [6, 6.07) is 23.6. The van der Waals surface area contributed by atoms with Crippen LogP contribution in [0.5, 0.6) is 0 Å². The van der Waals surface area contributed by atoms with E-state index in [1.165, 1.54) is 4.90 Å². The van der Waals surface area contributed by atoms with Gasteiger partial charge in [-0.05, 0) is 72.2 Å². The van der Waals surface area contributed by atoms with Crippen LogP contribution in [0.25, 0.3) is 5.57 Å². The molecule has 2 N–H and O–H groups in total. The maximum absolute atomic E-state index is 13.2. The molecule has 0 fully saturated rings. The summed E-state index contributed by atoms with van der Waals surface area (Å²) in [6.07, 6.45) is 3.49. The highest BCUT2D eigenvalue weighted by Gasteiger charge is 2.32. The highest BCUT2D eigenvalue weighted by atomic mass is 32.2. The number of benzene rings is 3. The number of cyclic esters (lactones) is 1. The molecule has 1 heterocycles. The zero-order valence-electron chi connectivity index (χ0n) is 22.0. The van der Waals surface area contributed by atoms with Gasteiger partial charge in [0.25, 0.3) is 0 Å². The van der Waals surface area contributed by atoms with Gasteiger partial charge in [-0.3, -0.25) is 0 Å². The van der Waals surface area contributed by atoms with E-state index in [1.807, 2.05) is 74.5 Å². The summed E-state index contributed by atoms with van der Waals surface area (Å²) < 4.78 is 5.81. The van der Waals surface area contributed by atoms with Crippen LogP contribution in [0.2, 0.25) is 0 Å². The average Bonchev–Trinajstić information content (AvgIpc) is 2.93. The van der Waals surface area contributed by atoms with Crippen LogP contribution in [0.3, 0.4) is 0 Å². The molecule has 198 valence electrons. The van der Waals surface area contributed by atoms with Crippen LogP contribution in [0.1, 0.15) is 48.9 Å². The molecule has 0 amide bonds. The SMILES string of the molecule is CCc1cc(N[C@H](C=O)Cc2ccccc2)cc(CC)c1C1=C(O)CC(CCSc2ccccc2)OC1=O. The Kier molecular flexibility index (Phi) is 9.66. The van der Waals surface area contributed by atoms with Gasteiger partial charge in [0.2, 0.25) is 0 Å². The highest BCUT2D eigenvalue weighted by Crippen LogP contribution is 2.36. The number of aldehydes is 1. The van der Waals surface area contributed by atoms with Crippen molar-refractivity contribution in [1.29, 1.82) is 0 Å². The fraction of sp³-hybridized carbons (Fsp3) is 0.312. The van der Waals surface area contributed by atoms with Gasteiger partial charge in [-0.2, -0.15) is 0 Å². The van der Waals surface area contributed by atoms with E-state index < -0.39 is 5.97 Å². The first-order chi connectivity index (χ1) is 18.5. The smallest absolute Gasteiger partial charge is 0.342 e. The summed E-state index contributed by atoms with van der Waals surface area (Å²) >= 11 is 1.71. The second-order valence-corrected chi connectivity index (χ2v) is 10.6. The van der Waals surface area contributed by atoms with Gasteiger partial charge in [0, 0.05) is 22.8 Å². The molecule has 0 bridgehead atoms. The van der Waals surface area contributed by atoms with E-state index in [4.69, 9.17) is 4.74 Å². The first kappa shape index (κ1) is 27.5. The standard InChI is InChI=1S/C32H35NO4S/c1-3-23-18-25(33-26(21-34)17-22-11-7-5-8-12-22)19-24(4-2)30(23)31-29(35)20-27(37-32(31)36)15-16-38-28-13-9-6-10-14-28/h5-14,18-19,21,26-27,33,35H,3-4,15-17,20H2,1-2H3/t26-,27?/m0/s1. The number of carbonyl (C=O) groups is 2. The number of aliphatic hydroxyl groups excluding tert-OH is 1. The van der Waals surface area contributed by atoms with Gasteiger partial charge < -0.3 is 20.0 Å². The lowest BCUT2D eigenvalue weighted by Crippen LogP contribution is -2.28. The van der Waals surface area contributed by atoms with Crippen molar-refractivity contribution in [1.82, 2.24) is 0 Å². The molecule has 2 atom stereocenters. The molecule has 38 heavy (non-hydrogen) atoms. The third-order valence-corrected chi connectivity index (χ3v) is 7.81. The molecular weight excluding hydrogens is 494 g/mol. The number of anilines is 1. The second kappa shape index (κ2) is 13.3. The number of esters is 1. The molecule has 1 aliphatic rings. The Labute approximate surface area is 229 Å². The summed E-state index contributed by atoms with van der Waals surface area (Å²) in [5.74, 6) is 0.422. The summed E-state index contributed by atoms with van der Waals surface area (Å²) in [4.78, 5) is 26.2. The molecule has 1 unspecified atom stereocenters. The largest absolute Gasteiger partial charge is 0.511 e. The van der Waals surface area contributed by atoms with Crippen LogP contribution in [0.15, 0.2) is 83.5 Å². The van der Waals surface area contributed by atoms with Crippen molar-refractivity contribution in [3.63, 3.8) is 0 Å². The van der Waals surface area contributed by atoms with E-state index in [1.54, 1.807) is 11.8 Å². The van der Waals surface area contributed by atoms with Crippen LogP contribution < -0.4 is 5.32 Å². The van der Waals surface area contributed by atoms with Gasteiger partial charge in [-0.25, -0.2) is 4.79 Å². The Morgan fingerprint density at radius 3 is 2.24 bits per heavy atom. The van der Waals surface area contributed by atoms with E-state index in [0.717, 1.165) is 40.0 Å². The maximum atomic E-state index is 13.2. The number of aliphatic hydroxyl groups is 1. The fourth-order valence-corrected chi connectivity index (χ4v) is 5.83. The molecular formula is C32H35NO4S. The normalized spacial score (nSPS) is 16.2. The Bertz CT molecular complexity index is 1250. The molecule has 3 aromatic rings. The van der Waals surface area contributed by atoms with E-state index in [0.29, 0.717) is 32.1 Å². The Morgan fingerprint density at radius 2 is 1.66 bits per heavy atom. The number of ether oxygens (including phenoxy) is 1. The zero-order chi connectivity index (χ0) is 26.9. The van der Waals surface area contributed by atoms with E-state index in [-0.39, 0.29) is 23.5 Å². The lowest BCUT2D eigenvalue weighted by molar-refractivity contribution is -0.143. The van der Waals surface area contributed by atoms with Crippen molar-refractivity contribution in [3.05, 3.63) is 101 Å². The van der Waals surface area contributed by atoms with Crippen LogP contribution >= 0.6 is 11.8 Å². The topological polar surface area (TPSA) is 75.6 Å². The van der Waals surface area contributed by atoms with E-state index in [9.17, 15) is 14.7 Å². The zero-order valence-corrected chi connectivity index (χ0v) is 22.8. The van der Waals surface area contributed by atoms with Gasteiger partial charge in [-0.15, -0.1) is 11.8 Å². The minimum atomic E-state index is -0.469. The van der Waals surface area contributed by atoms with E-state index in [2.05, 4.69) is 17.4 Å². The number of aryl methyl sites for hydroxylation is 2. The van der Waals surface area contributed by atoms with E-state index >= 15 is 0 Å². The molecule has 0 aromatic heterocycles. The minimum Gasteiger partial charge on any atom is -0.511 e. The van der Waals surface area contributed by atoms with Crippen molar-refractivity contribution in [3.8, 4) is 0 Å². The maximum Gasteiger partial charge on any atom is 0.342 e. The molecule has 1 aliphatic heterocycles. The van der Waals surface area contributed by atoms with Gasteiger partial charge in [0.15, 0.2) is 0 Å². The second-order valence-electron chi connectivity index (χ2n) is 9.46. The summed E-state index contributed by atoms with van der Waals surface area (Å²) in [7, 11) is 0. The lowest BCUT2D eigenvalue weighted by atomic mass is 9.88. The summed E-state index contributed by atoms with van der Waals surface area (Å²) in [5.41, 5.74) is 4.81. The Hall–Kier alpha value is -3.51. The molecule has 4 rings (SSSR count). The van der Waals surface area contributed by atoms with Gasteiger partial charge in [-0.1, -0.05) is 62.4 Å². The monoisotopic (exact) mass is 529 g/mol.